The Hall–Kier alpha value is -0.120. The highest BCUT2D eigenvalue weighted by molar-refractivity contribution is 14.0. The SMILES string of the molecule is CCNC(=NCC(O)COCC1CC1)NCC1CCCO1.I. The first-order valence-electron chi connectivity index (χ1n) is 8.17. The normalized spacial score (nSPS) is 23.0. The smallest absolute Gasteiger partial charge is 0.191 e. The van der Waals surface area contributed by atoms with Gasteiger partial charge in [0.15, 0.2) is 5.96 Å². The Kier molecular flexibility index (Phi) is 10.3. The van der Waals surface area contributed by atoms with E-state index >= 15 is 0 Å². The summed E-state index contributed by atoms with van der Waals surface area (Å²) in [6.07, 6.45) is 4.52. The van der Waals surface area contributed by atoms with E-state index in [0.29, 0.717) is 13.2 Å². The third kappa shape index (κ3) is 8.50. The summed E-state index contributed by atoms with van der Waals surface area (Å²) < 4.78 is 11.0. The molecule has 0 bridgehead atoms. The molecule has 1 heterocycles. The van der Waals surface area contributed by atoms with Crippen LogP contribution in [0.15, 0.2) is 4.99 Å². The first-order valence-corrected chi connectivity index (χ1v) is 8.17. The van der Waals surface area contributed by atoms with Crippen LogP contribution in [0, 0.1) is 5.92 Å². The summed E-state index contributed by atoms with van der Waals surface area (Å²) in [4.78, 5) is 4.40. The van der Waals surface area contributed by atoms with Crippen molar-refractivity contribution in [1.29, 1.82) is 0 Å². The summed E-state index contributed by atoms with van der Waals surface area (Å²) in [5.74, 6) is 1.46. The summed E-state index contributed by atoms with van der Waals surface area (Å²) in [6, 6.07) is 0. The Bertz CT molecular complexity index is 321. The van der Waals surface area contributed by atoms with Crippen LogP contribution >= 0.6 is 24.0 Å². The number of nitrogens with zero attached hydrogens (tertiary/aromatic N) is 1. The number of hydrogen-bond donors (Lipinski definition) is 3. The van der Waals surface area contributed by atoms with Gasteiger partial charge in [-0.05, 0) is 38.5 Å². The third-order valence-electron chi connectivity index (χ3n) is 3.69. The Morgan fingerprint density at radius 2 is 2.18 bits per heavy atom. The molecule has 0 aromatic heterocycles. The molecule has 1 saturated heterocycles. The van der Waals surface area contributed by atoms with Gasteiger partial charge in [0.2, 0.25) is 0 Å². The van der Waals surface area contributed by atoms with Gasteiger partial charge in [-0.1, -0.05) is 0 Å². The van der Waals surface area contributed by atoms with E-state index in [9.17, 15) is 5.11 Å². The van der Waals surface area contributed by atoms with E-state index in [1.165, 1.54) is 12.8 Å². The average molecular weight is 427 g/mol. The number of aliphatic hydroxyl groups excluding tert-OH is 1. The number of guanidine groups is 1. The molecule has 0 radical (unpaired) electrons. The van der Waals surface area contributed by atoms with Crippen molar-refractivity contribution in [2.45, 2.75) is 44.8 Å². The molecular weight excluding hydrogens is 397 g/mol. The van der Waals surface area contributed by atoms with Crippen molar-refractivity contribution >= 4 is 29.9 Å². The molecule has 1 aliphatic carbocycles. The van der Waals surface area contributed by atoms with Crippen molar-refractivity contribution in [3.05, 3.63) is 0 Å². The second-order valence-electron chi connectivity index (χ2n) is 5.87. The fourth-order valence-corrected chi connectivity index (χ4v) is 2.26. The van der Waals surface area contributed by atoms with Gasteiger partial charge >= 0.3 is 0 Å². The molecule has 1 aliphatic heterocycles. The summed E-state index contributed by atoms with van der Waals surface area (Å²) in [7, 11) is 0. The van der Waals surface area contributed by atoms with Crippen LogP contribution in [-0.4, -0.2) is 62.7 Å². The van der Waals surface area contributed by atoms with Gasteiger partial charge in [0.05, 0.1) is 25.4 Å². The van der Waals surface area contributed by atoms with E-state index in [0.717, 1.165) is 51.0 Å². The summed E-state index contributed by atoms with van der Waals surface area (Å²) in [5.41, 5.74) is 0. The van der Waals surface area contributed by atoms with E-state index in [2.05, 4.69) is 15.6 Å². The van der Waals surface area contributed by atoms with Crippen LogP contribution in [0.1, 0.15) is 32.6 Å². The molecule has 7 heteroatoms. The molecule has 2 unspecified atom stereocenters. The van der Waals surface area contributed by atoms with Crippen LogP contribution in [0.4, 0.5) is 0 Å². The second-order valence-corrected chi connectivity index (χ2v) is 5.87. The third-order valence-corrected chi connectivity index (χ3v) is 3.69. The molecule has 0 spiro atoms. The van der Waals surface area contributed by atoms with Gasteiger partial charge in [0.25, 0.3) is 0 Å². The zero-order chi connectivity index (χ0) is 14.9. The summed E-state index contributed by atoms with van der Waals surface area (Å²) >= 11 is 0. The monoisotopic (exact) mass is 427 g/mol. The van der Waals surface area contributed by atoms with Crippen molar-refractivity contribution in [3.63, 3.8) is 0 Å². The zero-order valence-electron chi connectivity index (χ0n) is 13.4. The number of halogens is 1. The molecule has 2 aliphatic rings. The van der Waals surface area contributed by atoms with Crippen molar-refractivity contribution < 1.29 is 14.6 Å². The van der Waals surface area contributed by atoms with Gasteiger partial charge in [-0.25, -0.2) is 0 Å². The lowest BCUT2D eigenvalue weighted by molar-refractivity contribution is 0.0368. The lowest BCUT2D eigenvalue weighted by Crippen LogP contribution is -2.41. The maximum Gasteiger partial charge on any atom is 0.191 e. The predicted molar refractivity (Wildman–Crippen MR) is 97.9 cm³/mol. The van der Waals surface area contributed by atoms with Crippen LogP contribution in [0.2, 0.25) is 0 Å². The lowest BCUT2D eigenvalue weighted by atomic mass is 10.2. The molecule has 130 valence electrons. The van der Waals surface area contributed by atoms with Gasteiger partial charge < -0.3 is 25.2 Å². The molecule has 1 saturated carbocycles. The van der Waals surface area contributed by atoms with E-state index in [1.54, 1.807) is 0 Å². The fourth-order valence-electron chi connectivity index (χ4n) is 2.26. The topological polar surface area (TPSA) is 75.1 Å². The van der Waals surface area contributed by atoms with Crippen molar-refractivity contribution in [3.8, 4) is 0 Å². The molecule has 22 heavy (non-hydrogen) atoms. The number of rotatable bonds is 9. The van der Waals surface area contributed by atoms with Crippen molar-refractivity contribution in [2.24, 2.45) is 10.9 Å². The second kappa shape index (κ2) is 11.4. The highest BCUT2D eigenvalue weighted by Crippen LogP contribution is 2.28. The van der Waals surface area contributed by atoms with Gasteiger partial charge in [0, 0.05) is 26.3 Å². The number of aliphatic imine (C=N–C) groups is 1. The Labute approximate surface area is 150 Å². The molecule has 0 aromatic rings. The number of aliphatic hydroxyl groups is 1. The molecule has 3 N–H and O–H groups in total. The quantitative estimate of drug-likeness (QED) is 0.292. The van der Waals surface area contributed by atoms with Crippen molar-refractivity contribution in [2.75, 3.05) is 39.5 Å². The molecule has 0 amide bonds. The van der Waals surface area contributed by atoms with Crippen LogP contribution in [0.5, 0.6) is 0 Å². The van der Waals surface area contributed by atoms with Gasteiger partial charge in [-0.15, -0.1) is 24.0 Å². The minimum Gasteiger partial charge on any atom is -0.389 e. The van der Waals surface area contributed by atoms with E-state index in [4.69, 9.17) is 9.47 Å². The molecule has 2 atom stereocenters. The first kappa shape index (κ1) is 19.9. The predicted octanol–water partition coefficient (Wildman–Crippen LogP) is 1.13. The van der Waals surface area contributed by atoms with Crippen LogP contribution in [0.3, 0.4) is 0 Å². The standard InChI is InChI=1S/C15H29N3O3.HI/c1-2-16-15(18-9-14-4-3-7-21-14)17-8-13(19)11-20-10-12-5-6-12;/h12-14,19H,2-11H2,1H3,(H2,16,17,18);1H. The van der Waals surface area contributed by atoms with Gasteiger partial charge in [0.1, 0.15) is 0 Å². The van der Waals surface area contributed by atoms with Gasteiger partial charge in [-0.3, -0.25) is 4.99 Å². The molecule has 2 fully saturated rings. The van der Waals surface area contributed by atoms with Gasteiger partial charge in [-0.2, -0.15) is 0 Å². The van der Waals surface area contributed by atoms with Crippen LogP contribution in [-0.2, 0) is 9.47 Å². The Morgan fingerprint density at radius 3 is 2.82 bits per heavy atom. The number of ether oxygens (including phenoxy) is 2. The fraction of sp³-hybridized carbons (Fsp3) is 0.933. The Balaban J connectivity index is 0.00000242. The number of hydrogen-bond acceptors (Lipinski definition) is 4. The van der Waals surface area contributed by atoms with E-state index < -0.39 is 6.10 Å². The summed E-state index contributed by atoms with van der Waals surface area (Å²) in [5, 5.41) is 16.3. The molecule has 2 rings (SSSR count). The van der Waals surface area contributed by atoms with Crippen LogP contribution < -0.4 is 10.6 Å². The highest BCUT2D eigenvalue weighted by Gasteiger charge is 2.21. The minimum atomic E-state index is -0.540. The average Bonchev–Trinajstić information content (AvgIpc) is 3.15. The van der Waals surface area contributed by atoms with E-state index in [-0.39, 0.29) is 30.1 Å². The maximum atomic E-state index is 9.87. The molecule has 0 aromatic carbocycles. The maximum absolute atomic E-state index is 9.87. The lowest BCUT2D eigenvalue weighted by Gasteiger charge is -2.15. The molecule has 6 nitrogen and oxygen atoms in total. The summed E-state index contributed by atoms with van der Waals surface area (Å²) in [6.45, 7) is 5.94. The number of nitrogens with one attached hydrogen (secondary N) is 2. The first-order chi connectivity index (χ1) is 10.3. The largest absolute Gasteiger partial charge is 0.389 e. The van der Waals surface area contributed by atoms with Crippen molar-refractivity contribution in [1.82, 2.24) is 10.6 Å². The highest BCUT2D eigenvalue weighted by atomic mass is 127. The zero-order valence-corrected chi connectivity index (χ0v) is 15.8. The van der Waals surface area contributed by atoms with E-state index in [1.807, 2.05) is 6.92 Å². The Morgan fingerprint density at radius 1 is 1.36 bits per heavy atom. The van der Waals surface area contributed by atoms with Crippen LogP contribution in [0.25, 0.3) is 0 Å². The molecular formula is C15H30IN3O3. The minimum absolute atomic E-state index is 0.